The molecule has 3 saturated carbocycles. The van der Waals surface area contributed by atoms with E-state index in [0.29, 0.717) is 16.7 Å². The number of piperidine rings is 1. The van der Waals surface area contributed by atoms with Crippen LogP contribution in [0.3, 0.4) is 0 Å². The molecule has 1 saturated heterocycles. The first kappa shape index (κ1) is 25.8. The summed E-state index contributed by atoms with van der Waals surface area (Å²) in [6.45, 7) is 14.2. The quantitative estimate of drug-likeness (QED) is 0.417. The molecule has 3 heteroatoms. The van der Waals surface area contributed by atoms with Crippen molar-refractivity contribution in [3.05, 3.63) is 11.6 Å². The fourth-order valence-corrected chi connectivity index (χ4v) is 10.5. The van der Waals surface area contributed by atoms with E-state index in [0.717, 1.165) is 62.2 Å². The summed E-state index contributed by atoms with van der Waals surface area (Å²) in [5.41, 5.74) is 2.35. The number of rotatable bonds is 4. The van der Waals surface area contributed by atoms with Gasteiger partial charge in [0.25, 0.3) is 0 Å². The fourth-order valence-electron chi connectivity index (χ4n) is 10.5. The maximum atomic E-state index is 13.4. The summed E-state index contributed by atoms with van der Waals surface area (Å²) >= 11 is 0. The summed E-state index contributed by atoms with van der Waals surface area (Å²) in [6.07, 6.45) is 18.8. The molecule has 7 atom stereocenters. The van der Waals surface area contributed by atoms with Crippen LogP contribution in [-0.2, 0) is 4.79 Å². The third kappa shape index (κ3) is 4.24. The van der Waals surface area contributed by atoms with Crippen molar-refractivity contribution in [3.8, 4) is 0 Å². The van der Waals surface area contributed by atoms with Gasteiger partial charge in [-0.2, -0.15) is 0 Å². The van der Waals surface area contributed by atoms with Crippen molar-refractivity contribution in [2.45, 2.75) is 149 Å². The predicted octanol–water partition coefficient (Wildman–Crippen LogP) is 7.67. The monoisotopic (exact) mass is 483 g/mol. The molecule has 0 spiro atoms. The van der Waals surface area contributed by atoms with Gasteiger partial charge in [-0.25, -0.2) is 0 Å². The molecule has 5 aliphatic rings. The Kier molecular flexibility index (Phi) is 6.55. The average Bonchev–Trinajstić information content (AvgIpc) is 3.09. The van der Waals surface area contributed by atoms with Crippen LogP contribution < -0.4 is 0 Å². The minimum atomic E-state index is -0.112. The Labute approximate surface area is 215 Å². The van der Waals surface area contributed by atoms with Gasteiger partial charge in [-0.05, 0) is 146 Å². The molecule has 1 aliphatic heterocycles. The van der Waals surface area contributed by atoms with Crippen LogP contribution in [0.4, 0.5) is 0 Å². The molecule has 0 bridgehead atoms. The van der Waals surface area contributed by atoms with Crippen LogP contribution in [0, 0.1) is 34.5 Å². The summed E-state index contributed by atoms with van der Waals surface area (Å²) < 4.78 is 0. The summed E-state index contributed by atoms with van der Waals surface area (Å²) in [5.74, 6) is 3.68. The lowest BCUT2D eigenvalue weighted by Gasteiger charge is -2.58. The van der Waals surface area contributed by atoms with Gasteiger partial charge in [-0.15, -0.1) is 0 Å². The number of likely N-dealkylation sites (tertiary alicyclic amines) is 1. The maximum Gasteiger partial charge on any atom is 0.223 e. The lowest BCUT2D eigenvalue weighted by Crippen LogP contribution is -2.60. The number of carbonyl (C=O) groups excluding carboxylic acids is 1. The Morgan fingerprint density at radius 2 is 1.66 bits per heavy atom. The van der Waals surface area contributed by atoms with Crippen LogP contribution in [0.15, 0.2) is 11.6 Å². The highest BCUT2D eigenvalue weighted by atomic mass is 16.3. The smallest absolute Gasteiger partial charge is 0.223 e. The molecule has 5 rings (SSSR count). The first-order valence-electron chi connectivity index (χ1n) is 15.1. The SMILES string of the molecule is CC1(C)CCCC(C)(C)N1C(=O)CCC[C@H]1CC[C@H]2[C@@H]3CC=C4C[C@@H](O)CC[C@]4(C)[C@H]3CC[C@]12C. The van der Waals surface area contributed by atoms with Gasteiger partial charge in [-0.3, -0.25) is 4.79 Å². The first-order valence-corrected chi connectivity index (χ1v) is 15.1. The number of fused-ring (bicyclic) bond motifs is 5. The summed E-state index contributed by atoms with van der Waals surface area (Å²) in [7, 11) is 0. The minimum Gasteiger partial charge on any atom is -0.393 e. The van der Waals surface area contributed by atoms with Crippen LogP contribution in [0.25, 0.3) is 0 Å². The molecule has 4 fully saturated rings. The van der Waals surface area contributed by atoms with Crippen LogP contribution in [-0.4, -0.2) is 33.1 Å². The molecule has 1 amide bonds. The molecule has 0 unspecified atom stereocenters. The third-order valence-corrected chi connectivity index (χ3v) is 12.3. The molecule has 1 N–H and O–H groups in total. The van der Waals surface area contributed by atoms with Crippen molar-refractivity contribution in [1.29, 1.82) is 0 Å². The van der Waals surface area contributed by atoms with Gasteiger partial charge in [0, 0.05) is 17.5 Å². The van der Waals surface area contributed by atoms with Gasteiger partial charge in [0.1, 0.15) is 0 Å². The van der Waals surface area contributed by atoms with Gasteiger partial charge in [0.2, 0.25) is 5.91 Å². The second-order valence-corrected chi connectivity index (χ2v) is 15.1. The van der Waals surface area contributed by atoms with Crippen LogP contribution in [0.5, 0.6) is 0 Å². The highest BCUT2D eigenvalue weighted by molar-refractivity contribution is 5.78. The maximum absolute atomic E-state index is 13.4. The number of amides is 1. The zero-order chi connectivity index (χ0) is 25.2. The Morgan fingerprint density at radius 3 is 2.37 bits per heavy atom. The average molecular weight is 484 g/mol. The Bertz CT molecular complexity index is 842. The molecule has 1 heterocycles. The van der Waals surface area contributed by atoms with Crippen molar-refractivity contribution in [2.75, 3.05) is 0 Å². The third-order valence-electron chi connectivity index (χ3n) is 12.3. The van der Waals surface area contributed by atoms with E-state index < -0.39 is 0 Å². The second kappa shape index (κ2) is 8.88. The van der Waals surface area contributed by atoms with E-state index in [4.69, 9.17) is 0 Å². The minimum absolute atomic E-state index is 0.0136. The standard InChI is InChI=1S/C32H53NO2/c1-29(2)17-8-18-30(3,4)33(29)28(35)10-7-9-22-12-14-26-25-13-11-23-21-24(34)15-19-32(23,6)27(25)16-20-31(22,26)5/h11,22,24-27,34H,7-10,12-21H2,1-6H3/t22-,24-,25-,26-,27-,31+,32-/m0/s1. The molecule has 3 nitrogen and oxygen atoms in total. The number of hydrogen-bond acceptors (Lipinski definition) is 2. The second-order valence-electron chi connectivity index (χ2n) is 15.1. The van der Waals surface area contributed by atoms with E-state index in [1.54, 1.807) is 5.57 Å². The zero-order valence-corrected chi connectivity index (χ0v) is 23.7. The fraction of sp³-hybridized carbons (Fsp3) is 0.906. The topological polar surface area (TPSA) is 40.5 Å². The lowest BCUT2D eigenvalue weighted by molar-refractivity contribution is -0.149. The van der Waals surface area contributed by atoms with Gasteiger partial charge in [0.15, 0.2) is 0 Å². The van der Waals surface area contributed by atoms with Crippen LogP contribution in [0.2, 0.25) is 0 Å². The van der Waals surface area contributed by atoms with Crippen LogP contribution in [0.1, 0.15) is 131 Å². The van der Waals surface area contributed by atoms with Crippen molar-refractivity contribution in [2.24, 2.45) is 34.5 Å². The van der Waals surface area contributed by atoms with Crippen LogP contribution >= 0.6 is 0 Å². The van der Waals surface area contributed by atoms with E-state index in [1.807, 2.05) is 0 Å². The van der Waals surface area contributed by atoms with Crippen molar-refractivity contribution < 1.29 is 9.90 Å². The largest absolute Gasteiger partial charge is 0.393 e. The molecule has 0 aromatic carbocycles. The number of hydrogen-bond donors (Lipinski definition) is 1. The molecule has 4 aliphatic carbocycles. The first-order chi connectivity index (χ1) is 16.4. The van der Waals surface area contributed by atoms with Gasteiger partial charge in [0.05, 0.1) is 6.10 Å². The Hall–Kier alpha value is -0.830. The van der Waals surface area contributed by atoms with E-state index in [9.17, 15) is 9.90 Å². The molecule has 0 radical (unpaired) electrons. The van der Waals surface area contributed by atoms with Gasteiger partial charge < -0.3 is 10.0 Å². The van der Waals surface area contributed by atoms with E-state index in [-0.39, 0.29) is 17.2 Å². The van der Waals surface area contributed by atoms with Crippen molar-refractivity contribution >= 4 is 5.91 Å². The van der Waals surface area contributed by atoms with Crippen molar-refractivity contribution in [3.63, 3.8) is 0 Å². The Balaban J connectivity index is 1.22. The van der Waals surface area contributed by atoms with E-state index >= 15 is 0 Å². The Morgan fingerprint density at radius 1 is 0.943 bits per heavy atom. The molecule has 198 valence electrons. The predicted molar refractivity (Wildman–Crippen MR) is 144 cm³/mol. The number of carbonyl (C=O) groups is 1. The summed E-state index contributed by atoms with van der Waals surface area (Å²) in [5, 5.41) is 10.3. The molecule has 0 aromatic rings. The zero-order valence-electron chi connectivity index (χ0n) is 23.7. The number of nitrogens with zero attached hydrogens (tertiary/aromatic N) is 1. The molecule has 35 heavy (non-hydrogen) atoms. The summed E-state index contributed by atoms with van der Waals surface area (Å²) in [4.78, 5) is 15.7. The van der Waals surface area contributed by atoms with Gasteiger partial charge in [-0.1, -0.05) is 25.5 Å². The highest BCUT2D eigenvalue weighted by Crippen LogP contribution is 2.66. The molecule has 0 aromatic heterocycles. The van der Waals surface area contributed by atoms with Gasteiger partial charge >= 0.3 is 0 Å². The highest BCUT2D eigenvalue weighted by Gasteiger charge is 2.58. The van der Waals surface area contributed by atoms with E-state index in [1.165, 1.54) is 51.4 Å². The molecular formula is C32H53NO2. The van der Waals surface area contributed by atoms with Crippen molar-refractivity contribution in [1.82, 2.24) is 4.90 Å². The van der Waals surface area contributed by atoms with E-state index in [2.05, 4.69) is 52.5 Å². The summed E-state index contributed by atoms with van der Waals surface area (Å²) in [6, 6.07) is 0. The number of allylic oxidation sites excluding steroid dienone is 1. The lowest BCUT2D eigenvalue weighted by atomic mass is 9.47. The number of aliphatic hydroxyl groups is 1. The molecular weight excluding hydrogens is 430 g/mol. The number of aliphatic hydroxyl groups excluding tert-OH is 1. The normalized spacial score (nSPS) is 44.1.